The van der Waals surface area contributed by atoms with Crippen LogP contribution >= 0.6 is 23.8 Å². The van der Waals surface area contributed by atoms with E-state index in [0.29, 0.717) is 33.3 Å². The van der Waals surface area contributed by atoms with Crippen LogP contribution in [0.2, 0.25) is 5.02 Å². The molecule has 0 unspecified atom stereocenters. The molecular weight excluding hydrogens is 446 g/mol. The number of rotatable bonds is 3. The first-order chi connectivity index (χ1) is 15.2. The lowest BCUT2D eigenvalue weighted by molar-refractivity contribution is 0.0978. The molecule has 0 saturated carbocycles. The smallest absolute Gasteiger partial charge is 0.258 e. The van der Waals surface area contributed by atoms with Gasteiger partial charge in [-0.25, -0.2) is 4.98 Å². The van der Waals surface area contributed by atoms with Crippen molar-refractivity contribution in [3.05, 3.63) is 75.8 Å². The zero-order valence-electron chi connectivity index (χ0n) is 17.6. The molecule has 0 aliphatic heterocycles. The number of halogens is 1. The Morgan fingerprint density at radius 2 is 1.84 bits per heavy atom. The van der Waals surface area contributed by atoms with Gasteiger partial charge in [-0.05, 0) is 80.0 Å². The molecule has 0 aliphatic rings. The lowest BCUT2D eigenvalue weighted by Gasteiger charge is -2.11. The first-order valence-corrected chi connectivity index (χ1v) is 10.6. The number of thiocarbonyl (C=S) groups is 1. The fraction of sp³-hybridized carbons (Fsp3) is 0.125. The van der Waals surface area contributed by atoms with E-state index in [4.69, 9.17) is 28.2 Å². The lowest BCUT2D eigenvalue weighted by atomic mass is 10.1. The Morgan fingerprint density at radius 1 is 1.06 bits per heavy atom. The van der Waals surface area contributed by atoms with Gasteiger partial charge in [0.05, 0.1) is 16.1 Å². The third-order valence-corrected chi connectivity index (χ3v) is 5.42. The van der Waals surface area contributed by atoms with E-state index in [1.54, 1.807) is 30.3 Å². The number of phenols is 1. The quantitative estimate of drug-likeness (QED) is 0.326. The molecule has 0 fully saturated rings. The van der Waals surface area contributed by atoms with Gasteiger partial charge in [0.15, 0.2) is 10.7 Å². The van der Waals surface area contributed by atoms with Crippen LogP contribution < -0.4 is 10.6 Å². The van der Waals surface area contributed by atoms with Crippen LogP contribution in [0, 0.1) is 20.8 Å². The number of aryl methyl sites for hydroxylation is 3. The molecule has 0 bridgehead atoms. The predicted octanol–water partition coefficient (Wildman–Crippen LogP) is 5.91. The molecule has 3 N–H and O–H groups in total. The molecule has 32 heavy (non-hydrogen) atoms. The largest absolute Gasteiger partial charge is 0.507 e. The minimum Gasteiger partial charge on any atom is -0.507 e. The van der Waals surface area contributed by atoms with Crippen molar-refractivity contribution in [2.45, 2.75) is 20.8 Å². The van der Waals surface area contributed by atoms with Crippen molar-refractivity contribution >= 4 is 51.6 Å². The zero-order chi connectivity index (χ0) is 23.0. The van der Waals surface area contributed by atoms with Crippen molar-refractivity contribution in [2.75, 3.05) is 5.32 Å². The highest BCUT2D eigenvalue weighted by Gasteiger charge is 2.16. The maximum absolute atomic E-state index is 12.4. The molecule has 0 atom stereocenters. The maximum Gasteiger partial charge on any atom is 0.258 e. The third-order valence-electron chi connectivity index (χ3n) is 4.90. The summed E-state index contributed by atoms with van der Waals surface area (Å²) in [6, 6.07) is 14.0. The van der Waals surface area contributed by atoms with Crippen molar-refractivity contribution < 1.29 is 14.3 Å². The summed E-state index contributed by atoms with van der Waals surface area (Å²) in [6.07, 6.45) is 0. The van der Waals surface area contributed by atoms with E-state index >= 15 is 0 Å². The molecule has 1 aromatic heterocycles. The molecule has 1 amide bonds. The highest BCUT2D eigenvalue weighted by molar-refractivity contribution is 7.80. The van der Waals surface area contributed by atoms with E-state index in [2.05, 4.69) is 15.6 Å². The average molecular weight is 466 g/mol. The molecule has 4 aromatic rings. The Bertz CT molecular complexity index is 1380. The number of oxazole rings is 1. The summed E-state index contributed by atoms with van der Waals surface area (Å²) in [5, 5.41) is 16.4. The number of benzene rings is 3. The van der Waals surface area contributed by atoms with Gasteiger partial charge in [0.2, 0.25) is 5.89 Å². The van der Waals surface area contributed by atoms with Gasteiger partial charge in [0.1, 0.15) is 11.3 Å². The maximum atomic E-state index is 12.4. The summed E-state index contributed by atoms with van der Waals surface area (Å²) in [7, 11) is 0. The number of phenolic OH excluding ortho intramolecular Hbond substituents is 1. The van der Waals surface area contributed by atoms with E-state index in [-0.39, 0.29) is 10.9 Å². The fourth-order valence-electron chi connectivity index (χ4n) is 3.42. The molecule has 162 valence electrons. The number of hydrogen-bond donors (Lipinski definition) is 3. The summed E-state index contributed by atoms with van der Waals surface area (Å²) < 4.78 is 5.88. The Morgan fingerprint density at radius 3 is 2.56 bits per heavy atom. The first-order valence-electron chi connectivity index (χ1n) is 9.81. The van der Waals surface area contributed by atoms with E-state index in [1.807, 2.05) is 32.9 Å². The number of hydrogen-bond acceptors (Lipinski definition) is 5. The SMILES string of the molecule is Cc1ccc(C(=O)NC(=S)Nc2ccc(-c3nc4cc(C)cc(C)c4o3)c(O)c2)c(Cl)c1. The number of fused-ring (bicyclic) bond motifs is 1. The topological polar surface area (TPSA) is 87.4 Å². The van der Waals surface area contributed by atoms with Crippen LogP contribution in [0.15, 0.2) is 52.9 Å². The molecule has 0 aliphatic carbocycles. The van der Waals surface area contributed by atoms with Crippen LogP contribution in [0.5, 0.6) is 5.75 Å². The zero-order valence-corrected chi connectivity index (χ0v) is 19.2. The monoisotopic (exact) mass is 465 g/mol. The van der Waals surface area contributed by atoms with Gasteiger partial charge in [0.25, 0.3) is 5.91 Å². The van der Waals surface area contributed by atoms with Gasteiger partial charge in [-0.1, -0.05) is 23.7 Å². The number of carbonyl (C=O) groups excluding carboxylic acids is 1. The van der Waals surface area contributed by atoms with Crippen molar-refractivity contribution in [1.82, 2.24) is 10.3 Å². The minimum absolute atomic E-state index is 0.0355. The second-order valence-electron chi connectivity index (χ2n) is 7.57. The van der Waals surface area contributed by atoms with Crippen molar-refractivity contribution in [2.24, 2.45) is 0 Å². The van der Waals surface area contributed by atoms with Crippen LogP contribution in [0.1, 0.15) is 27.0 Å². The number of nitrogens with zero attached hydrogens (tertiary/aromatic N) is 1. The summed E-state index contributed by atoms with van der Waals surface area (Å²) in [5.41, 5.74) is 5.70. The van der Waals surface area contributed by atoms with Gasteiger partial charge < -0.3 is 14.8 Å². The number of aromatic nitrogens is 1. The summed E-state index contributed by atoms with van der Waals surface area (Å²) in [6.45, 7) is 5.84. The average Bonchev–Trinajstić information content (AvgIpc) is 3.11. The standard InChI is InChI=1S/C24H20ClN3O3S/c1-12-4-6-16(18(25)9-12)22(30)28-24(32)26-15-5-7-17(20(29)11-15)23-27-19-10-13(2)8-14(3)21(19)31-23/h4-11,29H,1-3H3,(H2,26,28,30,32). The van der Waals surface area contributed by atoms with Crippen LogP contribution in [0.3, 0.4) is 0 Å². The van der Waals surface area contributed by atoms with Gasteiger partial charge in [-0.15, -0.1) is 0 Å². The number of carbonyl (C=O) groups is 1. The van der Waals surface area contributed by atoms with Crippen LogP contribution in [-0.2, 0) is 0 Å². The second kappa shape index (κ2) is 8.61. The Kier molecular flexibility index (Phi) is 5.86. The molecule has 3 aromatic carbocycles. The number of amides is 1. The Balaban J connectivity index is 1.50. The predicted molar refractivity (Wildman–Crippen MR) is 130 cm³/mol. The van der Waals surface area contributed by atoms with Crippen molar-refractivity contribution in [3.63, 3.8) is 0 Å². The van der Waals surface area contributed by atoms with Gasteiger partial charge >= 0.3 is 0 Å². The molecule has 1 heterocycles. The summed E-state index contributed by atoms with van der Waals surface area (Å²) in [5.74, 6) is -0.139. The number of anilines is 1. The molecule has 4 rings (SSSR count). The van der Waals surface area contributed by atoms with Crippen LogP contribution in [0.4, 0.5) is 5.69 Å². The lowest BCUT2D eigenvalue weighted by Crippen LogP contribution is -2.34. The van der Waals surface area contributed by atoms with Gasteiger partial charge in [0, 0.05) is 11.8 Å². The number of aromatic hydroxyl groups is 1. The molecule has 8 heteroatoms. The van der Waals surface area contributed by atoms with Crippen molar-refractivity contribution in [1.29, 1.82) is 0 Å². The summed E-state index contributed by atoms with van der Waals surface area (Å²) >= 11 is 11.4. The summed E-state index contributed by atoms with van der Waals surface area (Å²) in [4.78, 5) is 16.9. The third kappa shape index (κ3) is 4.44. The van der Waals surface area contributed by atoms with E-state index in [1.165, 1.54) is 6.07 Å². The molecule has 6 nitrogen and oxygen atoms in total. The molecule has 0 radical (unpaired) electrons. The second-order valence-corrected chi connectivity index (χ2v) is 8.39. The first kappa shape index (κ1) is 21.8. The van der Waals surface area contributed by atoms with E-state index < -0.39 is 5.91 Å². The molecule has 0 saturated heterocycles. The van der Waals surface area contributed by atoms with Gasteiger partial charge in [-0.3, -0.25) is 10.1 Å². The molecular formula is C24H20ClN3O3S. The van der Waals surface area contributed by atoms with E-state index in [0.717, 1.165) is 22.2 Å². The van der Waals surface area contributed by atoms with Gasteiger partial charge in [-0.2, -0.15) is 0 Å². The Hall–Kier alpha value is -3.42. The number of nitrogens with one attached hydrogen (secondary N) is 2. The highest BCUT2D eigenvalue weighted by Crippen LogP contribution is 2.34. The van der Waals surface area contributed by atoms with Crippen molar-refractivity contribution in [3.8, 4) is 17.2 Å². The normalized spacial score (nSPS) is 10.9. The Labute approximate surface area is 195 Å². The van der Waals surface area contributed by atoms with Crippen LogP contribution in [0.25, 0.3) is 22.6 Å². The fourth-order valence-corrected chi connectivity index (χ4v) is 3.95. The van der Waals surface area contributed by atoms with E-state index in [9.17, 15) is 9.90 Å². The minimum atomic E-state index is -0.425. The van der Waals surface area contributed by atoms with Crippen LogP contribution in [-0.4, -0.2) is 21.1 Å². The molecule has 0 spiro atoms. The highest BCUT2D eigenvalue weighted by atomic mass is 35.5.